The molecule has 1 heterocycles. The number of benzene rings is 1. The molecular formula is C16H20N4O2. The van der Waals surface area contributed by atoms with Gasteiger partial charge in [0.25, 0.3) is 5.91 Å². The van der Waals surface area contributed by atoms with E-state index >= 15 is 0 Å². The van der Waals surface area contributed by atoms with Gasteiger partial charge in [-0.15, -0.1) is 0 Å². The predicted molar refractivity (Wildman–Crippen MR) is 84.5 cm³/mol. The van der Waals surface area contributed by atoms with Crippen LogP contribution in [0.4, 0.5) is 5.95 Å². The van der Waals surface area contributed by atoms with E-state index in [9.17, 15) is 4.79 Å². The molecule has 1 aromatic carbocycles. The van der Waals surface area contributed by atoms with E-state index in [1.54, 1.807) is 6.92 Å². The van der Waals surface area contributed by atoms with E-state index in [1.165, 1.54) is 0 Å². The van der Waals surface area contributed by atoms with Crippen LogP contribution in [0.15, 0.2) is 24.3 Å². The fraction of sp³-hybridized carbons (Fsp3) is 0.312. The number of anilines is 1. The summed E-state index contributed by atoms with van der Waals surface area (Å²) in [6.07, 6.45) is 0.192. The normalized spacial score (nSPS) is 12.0. The van der Waals surface area contributed by atoms with Crippen LogP contribution in [0.25, 0.3) is 0 Å². The molecule has 0 saturated carbocycles. The number of nitrogen functional groups attached to an aromatic ring is 1. The van der Waals surface area contributed by atoms with E-state index in [2.05, 4.69) is 9.97 Å². The maximum atomic E-state index is 11.7. The molecular weight excluding hydrogens is 280 g/mol. The van der Waals surface area contributed by atoms with Crippen LogP contribution in [0, 0.1) is 13.8 Å². The summed E-state index contributed by atoms with van der Waals surface area (Å²) < 4.78 is 5.98. The van der Waals surface area contributed by atoms with Crippen molar-refractivity contribution in [3.05, 3.63) is 46.8 Å². The van der Waals surface area contributed by atoms with Crippen molar-refractivity contribution in [1.29, 1.82) is 0 Å². The second-order valence-corrected chi connectivity index (χ2v) is 5.12. The molecule has 0 radical (unpaired) electrons. The van der Waals surface area contributed by atoms with Crippen LogP contribution in [0.5, 0.6) is 5.75 Å². The first kappa shape index (κ1) is 15.8. The zero-order valence-electron chi connectivity index (χ0n) is 13.0. The maximum Gasteiger partial charge on any atom is 0.252 e. The molecule has 6 nitrogen and oxygen atoms in total. The Morgan fingerprint density at radius 3 is 2.64 bits per heavy atom. The van der Waals surface area contributed by atoms with E-state index < -0.39 is 12.0 Å². The molecule has 0 saturated heterocycles. The molecule has 116 valence electrons. The van der Waals surface area contributed by atoms with Gasteiger partial charge in [0.15, 0.2) is 0 Å². The third-order valence-corrected chi connectivity index (χ3v) is 3.33. The van der Waals surface area contributed by atoms with Gasteiger partial charge < -0.3 is 16.2 Å². The summed E-state index contributed by atoms with van der Waals surface area (Å²) in [4.78, 5) is 19.9. The molecule has 2 aromatic rings. The van der Waals surface area contributed by atoms with E-state index in [4.69, 9.17) is 16.2 Å². The summed E-state index contributed by atoms with van der Waals surface area (Å²) >= 11 is 0. The summed E-state index contributed by atoms with van der Waals surface area (Å²) in [5, 5.41) is 0. The fourth-order valence-corrected chi connectivity index (χ4v) is 2.34. The third kappa shape index (κ3) is 3.33. The fourth-order valence-electron chi connectivity index (χ4n) is 2.34. The number of aryl methyl sites for hydroxylation is 2. The van der Waals surface area contributed by atoms with Crippen molar-refractivity contribution < 1.29 is 9.53 Å². The van der Waals surface area contributed by atoms with E-state index in [1.807, 2.05) is 38.1 Å². The Balaban J connectivity index is 2.45. The molecule has 0 aliphatic carbocycles. The number of nitrogens with zero attached hydrogens (tertiary/aromatic N) is 2. The van der Waals surface area contributed by atoms with Crippen molar-refractivity contribution >= 4 is 11.9 Å². The summed E-state index contributed by atoms with van der Waals surface area (Å²) in [5.74, 6) is 0.222. The average molecular weight is 300 g/mol. The lowest BCUT2D eigenvalue weighted by molar-refractivity contribution is 0.0992. The van der Waals surface area contributed by atoms with Gasteiger partial charge >= 0.3 is 0 Å². The Hall–Kier alpha value is -2.63. The predicted octanol–water partition coefficient (Wildman–Crippen LogP) is 2.30. The first-order valence-corrected chi connectivity index (χ1v) is 7.09. The molecule has 0 fully saturated rings. The smallest absolute Gasteiger partial charge is 0.252 e. The summed E-state index contributed by atoms with van der Waals surface area (Å²) in [6, 6.07) is 7.67. The largest absolute Gasteiger partial charge is 0.484 e. The number of carbonyl (C=O) groups excluding carboxylic acids is 1. The zero-order chi connectivity index (χ0) is 16.3. The highest BCUT2D eigenvalue weighted by molar-refractivity contribution is 5.95. The number of carbonyl (C=O) groups is 1. The molecule has 4 N–H and O–H groups in total. The van der Waals surface area contributed by atoms with Crippen molar-refractivity contribution in [3.63, 3.8) is 0 Å². The molecule has 6 heteroatoms. The molecule has 22 heavy (non-hydrogen) atoms. The Kier molecular flexibility index (Phi) is 4.60. The number of hydrogen-bond donors (Lipinski definition) is 2. The lowest BCUT2D eigenvalue weighted by Gasteiger charge is -2.20. The minimum absolute atomic E-state index is 0.101. The first-order valence-electron chi connectivity index (χ1n) is 7.09. The van der Waals surface area contributed by atoms with Crippen LogP contribution >= 0.6 is 0 Å². The van der Waals surface area contributed by atoms with Gasteiger partial charge in [-0.2, -0.15) is 0 Å². The standard InChI is InChI=1S/C16H20N4O2/c1-4-12(22-11-7-5-6-9(2)8-11)14-13(15(17)21)10(3)19-16(18)20-14/h5-8,12H,4H2,1-3H3,(H2,17,21)(H2,18,19,20). The van der Waals surface area contributed by atoms with E-state index in [-0.39, 0.29) is 11.5 Å². The molecule has 0 spiro atoms. The van der Waals surface area contributed by atoms with Crippen molar-refractivity contribution in [2.45, 2.75) is 33.3 Å². The van der Waals surface area contributed by atoms with Gasteiger partial charge in [0.05, 0.1) is 17.0 Å². The number of primary amides is 1. The second kappa shape index (κ2) is 6.43. The van der Waals surface area contributed by atoms with Crippen LogP contribution in [-0.4, -0.2) is 15.9 Å². The van der Waals surface area contributed by atoms with E-state index in [0.29, 0.717) is 23.6 Å². The first-order chi connectivity index (χ1) is 10.4. The van der Waals surface area contributed by atoms with Gasteiger partial charge in [-0.05, 0) is 38.0 Å². The quantitative estimate of drug-likeness (QED) is 0.881. The Morgan fingerprint density at radius 1 is 1.32 bits per heavy atom. The van der Waals surface area contributed by atoms with Gasteiger partial charge in [-0.3, -0.25) is 4.79 Å². The van der Waals surface area contributed by atoms with Gasteiger partial charge in [0.2, 0.25) is 5.95 Å². The molecule has 1 atom stereocenters. The zero-order valence-corrected chi connectivity index (χ0v) is 13.0. The SMILES string of the molecule is CCC(Oc1cccc(C)c1)c1nc(N)nc(C)c1C(N)=O. The monoisotopic (exact) mass is 300 g/mol. The number of ether oxygens (including phenoxy) is 1. The Labute approximate surface area is 129 Å². The highest BCUT2D eigenvalue weighted by Crippen LogP contribution is 2.27. The molecule has 1 unspecified atom stereocenters. The van der Waals surface area contributed by atoms with Gasteiger partial charge in [-0.1, -0.05) is 19.1 Å². The van der Waals surface area contributed by atoms with Gasteiger partial charge in [-0.25, -0.2) is 9.97 Å². The number of aromatic nitrogens is 2. The van der Waals surface area contributed by atoms with Crippen molar-refractivity contribution in [3.8, 4) is 5.75 Å². The Morgan fingerprint density at radius 2 is 2.05 bits per heavy atom. The van der Waals surface area contributed by atoms with Crippen LogP contribution in [0.1, 0.15) is 46.8 Å². The summed E-state index contributed by atoms with van der Waals surface area (Å²) in [5.41, 5.74) is 13.4. The average Bonchev–Trinajstić information content (AvgIpc) is 2.43. The molecule has 0 bridgehead atoms. The van der Waals surface area contributed by atoms with Crippen molar-refractivity contribution in [2.75, 3.05) is 5.73 Å². The van der Waals surface area contributed by atoms with Crippen LogP contribution in [0.3, 0.4) is 0 Å². The van der Waals surface area contributed by atoms with Crippen molar-refractivity contribution in [1.82, 2.24) is 9.97 Å². The van der Waals surface area contributed by atoms with Gasteiger partial charge in [0.1, 0.15) is 11.9 Å². The summed E-state index contributed by atoms with van der Waals surface area (Å²) in [7, 11) is 0. The number of amides is 1. The summed E-state index contributed by atoms with van der Waals surface area (Å²) in [6.45, 7) is 5.61. The van der Waals surface area contributed by atoms with Crippen LogP contribution in [-0.2, 0) is 0 Å². The minimum Gasteiger partial charge on any atom is -0.484 e. The van der Waals surface area contributed by atoms with Gasteiger partial charge in [0, 0.05) is 0 Å². The topological polar surface area (TPSA) is 104 Å². The van der Waals surface area contributed by atoms with Crippen LogP contribution in [0.2, 0.25) is 0 Å². The molecule has 0 aliphatic heterocycles. The molecule has 0 aliphatic rings. The third-order valence-electron chi connectivity index (χ3n) is 3.33. The lowest BCUT2D eigenvalue weighted by Crippen LogP contribution is -2.22. The number of nitrogens with two attached hydrogens (primary N) is 2. The maximum absolute atomic E-state index is 11.7. The van der Waals surface area contributed by atoms with E-state index in [0.717, 1.165) is 5.56 Å². The molecule has 2 rings (SSSR count). The minimum atomic E-state index is -0.584. The Bertz CT molecular complexity index is 701. The second-order valence-electron chi connectivity index (χ2n) is 5.12. The highest BCUT2D eigenvalue weighted by atomic mass is 16.5. The number of rotatable bonds is 5. The van der Waals surface area contributed by atoms with Crippen LogP contribution < -0.4 is 16.2 Å². The molecule has 1 aromatic heterocycles. The lowest BCUT2D eigenvalue weighted by atomic mass is 10.0. The molecule has 1 amide bonds. The van der Waals surface area contributed by atoms with Crippen molar-refractivity contribution in [2.24, 2.45) is 5.73 Å². The number of hydrogen-bond acceptors (Lipinski definition) is 5. The highest BCUT2D eigenvalue weighted by Gasteiger charge is 2.23.